The van der Waals surface area contributed by atoms with E-state index in [-0.39, 0.29) is 12.3 Å². The van der Waals surface area contributed by atoms with Crippen molar-refractivity contribution in [2.24, 2.45) is 5.73 Å². The Hall–Kier alpha value is -1.06. The number of rotatable bonds is 4. The second-order valence-electron chi connectivity index (χ2n) is 3.14. The summed E-state index contributed by atoms with van der Waals surface area (Å²) in [5.74, 6) is 0.244. The first-order valence-electron chi connectivity index (χ1n) is 4.73. The largest absolute Gasteiger partial charge is 0.494 e. The number of Topliss-reactive ketones (excluding diaryl/α,β-unsaturated/α-hetero) is 1. The number of benzene rings is 1. The molecule has 0 bridgehead atoms. The standard InChI is InChI=1S/C11H14ClNO2/c1-3-7-4-8(10(14)6-13)11(15-2)9(12)5-7/h4-5H,3,6,13H2,1-2H3. The normalized spacial score (nSPS) is 10.1. The third kappa shape index (κ3) is 2.49. The van der Waals surface area contributed by atoms with Crippen LogP contribution in [-0.2, 0) is 6.42 Å². The van der Waals surface area contributed by atoms with E-state index in [0.717, 1.165) is 12.0 Å². The second kappa shape index (κ2) is 5.14. The molecule has 0 radical (unpaired) electrons. The number of nitrogens with two attached hydrogens (primary N) is 1. The molecule has 1 aromatic rings. The van der Waals surface area contributed by atoms with Crippen LogP contribution in [0.5, 0.6) is 5.75 Å². The number of halogens is 1. The maximum Gasteiger partial charge on any atom is 0.180 e. The summed E-state index contributed by atoms with van der Waals surface area (Å²) >= 11 is 6.00. The Bertz CT molecular complexity index is 377. The summed E-state index contributed by atoms with van der Waals surface area (Å²) in [6, 6.07) is 3.58. The van der Waals surface area contributed by atoms with Crippen LogP contribution in [0.3, 0.4) is 0 Å². The monoisotopic (exact) mass is 227 g/mol. The summed E-state index contributed by atoms with van der Waals surface area (Å²) in [4.78, 5) is 11.5. The molecule has 0 aliphatic heterocycles. The Balaban J connectivity index is 3.32. The Morgan fingerprint density at radius 1 is 1.53 bits per heavy atom. The molecule has 0 aliphatic rings. The second-order valence-corrected chi connectivity index (χ2v) is 3.55. The van der Waals surface area contributed by atoms with Gasteiger partial charge < -0.3 is 10.5 Å². The van der Waals surface area contributed by atoms with Gasteiger partial charge in [-0.15, -0.1) is 0 Å². The van der Waals surface area contributed by atoms with Crippen molar-refractivity contribution < 1.29 is 9.53 Å². The SMILES string of the molecule is CCc1cc(Cl)c(OC)c(C(=O)CN)c1. The lowest BCUT2D eigenvalue weighted by Crippen LogP contribution is -2.15. The number of carbonyl (C=O) groups excluding carboxylic acids is 1. The number of aryl methyl sites for hydroxylation is 1. The number of ether oxygens (including phenoxy) is 1. The lowest BCUT2D eigenvalue weighted by Gasteiger charge is -2.10. The quantitative estimate of drug-likeness (QED) is 0.801. The van der Waals surface area contributed by atoms with Gasteiger partial charge in [0.05, 0.1) is 24.2 Å². The number of carbonyl (C=O) groups is 1. The molecular formula is C11H14ClNO2. The maximum absolute atomic E-state index is 11.5. The lowest BCUT2D eigenvalue weighted by atomic mass is 10.0. The highest BCUT2D eigenvalue weighted by molar-refractivity contribution is 6.32. The minimum atomic E-state index is -0.163. The third-order valence-corrected chi connectivity index (χ3v) is 2.48. The minimum Gasteiger partial charge on any atom is -0.494 e. The van der Waals surface area contributed by atoms with E-state index < -0.39 is 0 Å². The molecule has 0 spiro atoms. The number of hydrogen-bond donors (Lipinski definition) is 1. The Morgan fingerprint density at radius 3 is 2.67 bits per heavy atom. The molecule has 2 N–H and O–H groups in total. The lowest BCUT2D eigenvalue weighted by molar-refractivity contribution is 0.0998. The van der Waals surface area contributed by atoms with E-state index in [0.29, 0.717) is 16.3 Å². The zero-order chi connectivity index (χ0) is 11.4. The topological polar surface area (TPSA) is 52.3 Å². The van der Waals surface area contributed by atoms with Gasteiger partial charge in [-0.05, 0) is 24.1 Å². The number of methoxy groups -OCH3 is 1. The van der Waals surface area contributed by atoms with Crippen molar-refractivity contribution in [1.29, 1.82) is 0 Å². The molecule has 1 rings (SSSR count). The highest BCUT2D eigenvalue weighted by Gasteiger charge is 2.15. The van der Waals surface area contributed by atoms with E-state index in [2.05, 4.69) is 0 Å². The van der Waals surface area contributed by atoms with Gasteiger partial charge in [-0.2, -0.15) is 0 Å². The molecule has 0 heterocycles. The Labute approximate surface area is 94.2 Å². The van der Waals surface area contributed by atoms with Crippen LogP contribution in [0.15, 0.2) is 12.1 Å². The van der Waals surface area contributed by atoms with Crippen molar-refractivity contribution in [1.82, 2.24) is 0 Å². The van der Waals surface area contributed by atoms with Gasteiger partial charge in [-0.25, -0.2) is 0 Å². The first kappa shape index (κ1) is 12.0. The molecule has 3 nitrogen and oxygen atoms in total. The summed E-state index contributed by atoms with van der Waals surface area (Å²) in [5.41, 5.74) is 6.78. The molecule has 82 valence electrons. The molecule has 0 amide bonds. The van der Waals surface area contributed by atoms with E-state index in [9.17, 15) is 4.79 Å². The zero-order valence-corrected chi connectivity index (χ0v) is 9.60. The predicted molar refractivity (Wildman–Crippen MR) is 60.8 cm³/mol. The van der Waals surface area contributed by atoms with Gasteiger partial charge in [0, 0.05) is 0 Å². The van der Waals surface area contributed by atoms with Gasteiger partial charge in [0.2, 0.25) is 0 Å². The molecule has 1 aromatic carbocycles. The molecule has 0 unspecified atom stereocenters. The summed E-state index contributed by atoms with van der Waals surface area (Å²) in [6.07, 6.45) is 0.814. The smallest absolute Gasteiger partial charge is 0.180 e. The van der Waals surface area contributed by atoms with Crippen molar-refractivity contribution in [3.05, 3.63) is 28.3 Å². The van der Waals surface area contributed by atoms with Crippen molar-refractivity contribution in [2.75, 3.05) is 13.7 Å². The van der Waals surface area contributed by atoms with Gasteiger partial charge in [0.25, 0.3) is 0 Å². The third-order valence-electron chi connectivity index (χ3n) is 2.20. The predicted octanol–water partition coefficient (Wildman–Crippen LogP) is 2.05. The fourth-order valence-corrected chi connectivity index (χ4v) is 1.70. The highest BCUT2D eigenvalue weighted by Crippen LogP contribution is 2.30. The molecule has 0 atom stereocenters. The Kier molecular flexibility index (Phi) is 4.12. The molecule has 4 heteroatoms. The average Bonchev–Trinajstić information content (AvgIpc) is 2.26. The molecular weight excluding hydrogens is 214 g/mol. The van der Waals surface area contributed by atoms with E-state index in [1.165, 1.54) is 7.11 Å². The van der Waals surface area contributed by atoms with Crippen LogP contribution >= 0.6 is 11.6 Å². The van der Waals surface area contributed by atoms with Crippen molar-refractivity contribution in [2.45, 2.75) is 13.3 Å². The molecule has 0 fully saturated rings. The van der Waals surface area contributed by atoms with E-state index in [1.54, 1.807) is 12.1 Å². The van der Waals surface area contributed by atoms with Gasteiger partial charge in [-0.1, -0.05) is 18.5 Å². The van der Waals surface area contributed by atoms with Gasteiger partial charge in [0.15, 0.2) is 5.78 Å². The van der Waals surface area contributed by atoms with E-state index in [4.69, 9.17) is 22.1 Å². The fourth-order valence-electron chi connectivity index (χ4n) is 1.38. The van der Waals surface area contributed by atoms with Crippen LogP contribution < -0.4 is 10.5 Å². The van der Waals surface area contributed by atoms with E-state index in [1.807, 2.05) is 6.92 Å². The highest BCUT2D eigenvalue weighted by atomic mass is 35.5. The molecule has 15 heavy (non-hydrogen) atoms. The van der Waals surface area contributed by atoms with Crippen molar-refractivity contribution in [3.8, 4) is 5.75 Å². The molecule has 0 saturated carbocycles. The maximum atomic E-state index is 11.5. The van der Waals surface area contributed by atoms with Crippen molar-refractivity contribution >= 4 is 17.4 Å². The van der Waals surface area contributed by atoms with E-state index >= 15 is 0 Å². The molecule has 0 saturated heterocycles. The first-order valence-corrected chi connectivity index (χ1v) is 5.11. The van der Waals surface area contributed by atoms with Crippen molar-refractivity contribution in [3.63, 3.8) is 0 Å². The summed E-state index contributed by atoms with van der Waals surface area (Å²) < 4.78 is 5.09. The molecule has 0 aromatic heterocycles. The van der Waals surface area contributed by atoms with Gasteiger partial charge >= 0.3 is 0 Å². The van der Waals surface area contributed by atoms with Crippen LogP contribution in [0.25, 0.3) is 0 Å². The summed E-state index contributed by atoms with van der Waals surface area (Å²) in [7, 11) is 1.49. The minimum absolute atomic E-state index is 0.0418. The zero-order valence-electron chi connectivity index (χ0n) is 8.84. The summed E-state index contributed by atoms with van der Waals surface area (Å²) in [6.45, 7) is 1.95. The van der Waals surface area contributed by atoms with Gasteiger partial charge in [0.1, 0.15) is 5.75 Å². The molecule has 0 aliphatic carbocycles. The fraction of sp³-hybridized carbons (Fsp3) is 0.364. The number of hydrogen-bond acceptors (Lipinski definition) is 3. The van der Waals surface area contributed by atoms with Crippen LogP contribution in [0.1, 0.15) is 22.8 Å². The average molecular weight is 228 g/mol. The first-order chi connectivity index (χ1) is 7.13. The van der Waals surface area contributed by atoms with Crippen LogP contribution in [0.2, 0.25) is 5.02 Å². The van der Waals surface area contributed by atoms with Crippen LogP contribution in [0, 0.1) is 0 Å². The van der Waals surface area contributed by atoms with Gasteiger partial charge in [-0.3, -0.25) is 4.79 Å². The van der Waals surface area contributed by atoms with Crippen LogP contribution in [0.4, 0.5) is 0 Å². The summed E-state index contributed by atoms with van der Waals surface area (Å²) in [5, 5.41) is 0.452. The van der Waals surface area contributed by atoms with Crippen LogP contribution in [-0.4, -0.2) is 19.4 Å². The Morgan fingerprint density at radius 2 is 2.20 bits per heavy atom. The number of ketones is 1.